The molecule has 0 aliphatic carbocycles. The quantitative estimate of drug-likeness (QED) is 0.651. The Bertz CT molecular complexity index is 557. The van der Waals surface area contributed by atoms with Crippen LogP contribution in [0.2, 0.25) is 0 Å². The Labute approximate surface area is 112 Å². The highest BCUT2D eigenvalue weighted by molar-refractivity contribution is 5.67. The highest BCUT2D eigenvalue weighted by Gasteiger charge is 2.15. The van der Waals surface area contributed by atoms with Gasteiger partial charge in [0.2, 0.25) is 0 Å². The van der Waals surface area contributed by atoms with E-state index < -0.39 is 0 Å². The number of hydrogen-bond donors (Lipinski definition) is 2. The molecule has 0 aliphatic rings. The van der Waals surface area contributed by atoms with E-state index in [2.05, 4.69) is 15.4 Å². The van der Waals surface area contributed by atoms with Crippen LogP contribution in [0, 0.1) is 6.92 Å². The number of nitrogens with zero attached hydrogens (tertiary/aromatic N) is 2. The number of hydrogen-bond acceptors (Lipinski definition) is 5. The molecule has 1 aromatic heterocycles. The van der Waals surface area contributed by atoms with Crippen LogP contribution in [0.1, 0.15) is 24.4 Å². The van der Waals surface area contributed by atoms with Crippen molar-refractivity contribution in [3.8, 4) is 11.3 Å². The van der Waals surface area contributed by atoms with E-state index in [-0.39, 0.29) is 6.10 Å². The molecular weight excluding hydrogens is 240 g/mol. The Morgan fingerprint density at radius 3 is 2.47 bits per heavy atom. The summed E-state index contributed by atoms with van der Waals surface area (Å²) < 4.78 is 5.27. The van der Waals surface area contributed by atoms with E-state index in [9.17, 15) is 0 Å². The van der Waals surface area contributed by atoms with Crippen LogP contribution in [-0.2, 0) is 4.74 Å². The average molecular weight is 258 g/mol. The maximum Gasteiger partial charge on any atom is 0.159 e. The lowest BCUT2D eigenvalue weighted by Crippen LogP contribution is -2.14. The van der Waals surface area contributed by atoms with Crippen molar-refractivity contribution >= 4 is 5.82 Å². The third kappa shape index (κ3) is 2.72. The van der Waals surface area contributed by atoms with E-state index in [4.69, 9.17) is 10.6 Å². The van der Waals surface area contributed by atoms with Crippen LogP contribution >= 0.6 is 0 Å². The molecule has 5 nitrogen and oxygen atoms in total. The summed E-state index contributed by atoms with van der Waals surface area (Å²) in [5, 5.41) is 0. The molecule has 0 aliphatic heterocycles. The molecule has 1 unspecified atom stereocenters. The fourth-order valence-electron chi connectivity index (χ4n) is 1.84. The standard InChI is InChI=1S/C14H18N4O/c1-9-12(11-7-5-4-6-8-11)16-14(10(2)19-3)17-13(9)18-15/h4-8,10H,15H2,1-3H3,(H,16,17,18). The minimum absolute atomic E-state index is 0.185. The van der Waals surface area contributed by atoms with Gasteiger partial charge in [-0.05, 0) is 13.8 Å². The maximum atomic E-state index is 5.53. The van der Waals surface area contributed by atoms with Gasteiger partial charge in [-0.25, -0.2) is 15.8 Å². The molecule has 1 aromatic carbocycles. The molecule has 1 heterocycles. The minimum Gasteiger partial charge on any atom is -0.374 e. The number of hydrazine groups is 1. The molecule has 19 heavy (non-hydrogen) atoms. The van der Waals surface area contributed by atoms with Crippen molar-refractivity contribution in [2.75, 3.05) is 12.5 Å². The summed E-state index contributed by atoms with van der Waals surface area (Å²) in [5.41, 5.74) is 5.43. The van der Waals surface area contributed by atoms with Crippen LogP contribution < -0.4 is 11.3 Å². The zero-order valence-electron chi connectivity index (χ0n) is 11.3. The largest absolute Gasteiger partial charge is 0.374 e. The fourth-order valence-corrected chi connectivity index (χ4v) is 1.84. The van der Waals surface area contributed by atoms with E-state index >= 15 is 0 Å². The highest BCUT2D eigenvalue weighted by Crippen LogP contribution is 2.27. The van der Waals surface area contributed by atoms with Gasteiger partial charge in [-0.3, -0.25) is 0 Å². The number of rotatable bonds is 4. The van der Waals surface area contributed by atoms with Crippen LogP contribution in [0.3, 0.4) is 0 Å². The maximum absolute atomic E-state index is 5.53. The number of nitrogen functional groups attached to an aromatic ring is 1. The number of anilines is 1. The summed E-state index contributed by atoms with van der Waals surface area (Å²) in [7, 11) is 1.63. The number of aromatic nitrogens is 2. The van der Waals surface area contributed by atoms with Crippen molar-refractivity contribution in [3.63, 3.8) is 0 Å². The van der Waals surface area contributed by atoms with Gasteiger partial charge in [0, 0.05) is 18.2 Å². The van der Waals surface area contributed by atoms with E-state index in [0.29, 0.717) is 11.6 Å². The predicted molar refractivity (Wildman–Crippen MR) is 75.4 cm³/mol. The summed E-state index contributed by atoms with van der Waals surface area (Å²) in [5.74, 6) is 6.76. The summed E-state index contributed by atoms with van der Waals surface area (Å²) in [6, 6.07) is 9.95. The van der Waals surface area contributed by atoms with Gasteiger partial charge < -0.3 is 10.2 Å². The predicted octanol–water partition coefficient (Wildman–Crippen LogP) is 2.45. The number of benzene rings is 1. The highest BCUT2D eigenvalue weighted by atomic mass is 16.5. The number of nitrogens with two attached hydrogens (primary N) is 1. The first-order chi connectivity index (χ1) is 9.17. The van der Waals surface area contributed by atoms with Crippen molar-refractivity contribution in [2.45, 2.75) is 20.0 Å². The van der Waals surface area contributed by atoms with Gasteiger partial charge in [-0.2, -0.15) is 0 Å². The monoisotopic (exact) mass is 258 g/mol. The molecule has 0 spiro atoms. The molecule has 0 fully saturated rings. The van der Waals surface area contributed by atoms with Gasteiger partial charge in [0.25, 0.3) is 0 Å². The van der Waals surface area contributed by atoms with Crippen LogP contribution in [0.4, 0.5) is 5.82 Å². The Balaban J connectivity index is 2.59. The van der Waals surface area contributed by atoms with E-state index in [1.165, 1.54) is 0 Å². The van der Waals surface area contributed by atoms with Crippen LogP contribution in [0.15, 0.2) is 30.3 Å². The molecule has 100 valence electrons. The van der Waals surface area contributed by atoms with E-state index in [1.807, 2.05) is 44.2 Å². The van der Waals surface area contributed by atoms with Gasteiger partial charge in [0.15, 0.2) is 5.82 Å². The topological polar surface area (TPSA) is 73.1 Å². The molecule has 2 aromatic rings. The number of methoxy groups -OCH3 is 1. The van der Waals surface area contributed by atoms with Crippen molar-refractivity contribution in [1.29, 1.82) is 0 Å². The Morgan fingerprint density at radius 1 is 1.21 bits per heavy atom. The minimum atomic E-state index is -0.185. The second-order valence-corrected chi connectivity index (χ2v) is 4.29. The van der Waals surface area contributed by atoms with E-state index in [1.54, 1.807) is 7.11 Å². The van der Waals surface area contributed by atoms with Crippen LogP contribution in [0.5, 0.6) is 0 Å². The normalized spacial score (nSPS) is 12.2. The second-order valence-electron chi connectivity index (χ2n) is 4.29. The van der Waals surface area contributed by atoms with Gasteiger partial charge in [0.05, 0.1) is 5.69 Å². The Hall–Kier alpha value is -1.98. The summed E-state index contributed by atoms with van der Waals surface area (Å²) in [6.07, 6.45) is -0.185. The van der Waals surface area contributed by atoms with Gasteiger partial charge in [-0.1, -0.05) is 30.3 Å². The lowest BCUT2D eigenvalue weighted by Gasteiger charge is -2.15. The Kier molecular flexibility index (Phi) is 4.09. The van der Waals surface area contributed by atoms with Crippen LogP contribution in [0.25, 0.3) is 11.3 Å². The molecule has 2 rings (SSSR count). The molecule has 1 atom stereocenters. The summed E-state index contributed by atoms with van der Waals surface area (Å²) >= 11 is 0. The summed E-state index contributed by atoms with van der Waals surface area (Å²) in [6.45, 7) is 3.85. The molecule has 0 radical (unpaired) electrons. The van der Waals surface area contributed by atoms with E-state index in [0.717, 1.165) is 16.8 Å². The van der Waals surface area contributed by atoms with Gasteiger partial charge in [0.1, 0.15) is 11.9 Å². The van der Waals surface area contributed by atoms with Crippen molar-refractivity contribution in [2.24, 2.45) is 5.84 Å². The molecular formula is C14H18N4O. The molecule has 0 bridgehead atoms. The lowest BCUT2D eigenvalue weighted by atomic mass is 10.1. The molecule has 0 amide bonds. The molecule has 3 N–H and O–H groups in total. The summed E-state index contributed by atoms with van der Waals surface area (Å²) in [4.78, 5) is 8.97. The number of nitrogens with one attached hydrogen (secondary N) is 1. The fraction of sp³-hybridized carbons (Fsp3) is 0.286. The molecule has 0 saturated heterocycles. The van der Waals surface area contributed by atoms with Crippen molar-refractivity contribution < 1.29 is 4.74 Å². The zero-order chi connectivity index (χ0) is 13.8. The second kappa shape index (κ2) is 5.77. The SMILES string of the molecule is COC(C)c1nc(NN)c(C)c(-c2ccccc2)n1. The smallest absolute Gasteiger partial charge is 0.159 e. The first kappa shape index (κ1) is 13.5. The molecule has 0 saturated carbocycles. The average Bonchev–Trinajstić information content (AvgIpc) is 2.47. The zero-order valence-corrected chi connectivity index (χ0v) is 11.3. The van der Waals surface area contributed by atoms with Crippen molar-refractivity contribution in [3.05, 3.63) is 41.7 Å². The van der Waals surface area contributed by atoms with Crippen LogP contribution in [-0.4, -0.2) is 17.1 Å². The third-order valence-electron chi connectivity index (χ3n) is 3.06. The first-order valence-corrected chi connectivity index (χ1v) is 6.10. The number of ether oxygens (including phenoxy) is 1. The lowest BCUT2D eigenvalue weighted by molar-refractivity contribution is 0.112. The van der Waals surface area contributed by atoms with Gasteiger partial charge in [-0.15, -0.1) is 0 Å². The first-order valence-electron chi connectivity index (χ1n) is 6.10. The Morgan fingerprint density at radius 2 is 1.89 bits per heavy atom. The van der Waals surface area contributed by atoms with Crippen molar-refractivity contribution in [1.82, 2.24) is 9.97 Å². The van der Waals surface area contributed by atoms with Gasteiger partial charge >= 0.3 is 0 Å². The molecule has 5 heteroatoms. The third-order valence-corrected chi connectivity index (χ3v) is 3.06.